The highest BCUT2D eigenvalue weighted by Gasteiger charge is 2.03. The molecule has 0 saturated heterocycles. The zero-order valence-corrected chi connectivity index (χ0v) is 9.48. The first kappa shape index (κ1) is 12.2. The first-order chi connectivity index (χ1) is 5.85. The number of allylic oxidation sites excluding steroid dienone is 1. The van der Waals surface area contributed by atoms with Gasteiger partial charge >= 0.3 is 0 Å². The van der Waals surface area contributed by atoms with Gasteiger partial charge in [-0.3, -0.25) is 0 Å². The number of ether oxygens (including phenoxy) is 1. The second-order valence-corrected chi connectivity index (χ2v) is 3.59. The minimum absolute atomic E-state index is 0.694. The van der Waals surface area contributed by atoms with Crippen molar-refractivity contribution in [3.63, 3.8) is 0 Å². The first-order valence-corrected chi connectivity index (χ1v) is 5.71. The maximum absolute atomic E-state index is 5.41. The quantitative estimate of drug-likeness (QED) is 0.356. The molecule has 0 aliphatic heterocycles. The molecule has 72 valence electrons. The van der Waals surface area contributed by atoms with Crippen LogP contribution in [0.1, 0.15) is 26.2 Å². The largest absolute Gasteiger partial charge is 0.381 e. The molecule has 0 aromatic rings. The van der Waals surface area contributed by atoms with Gasteiger partial charge in [-0.2, -0.15) is 0 Å². The van der Waals surface area contributed by atoms with Gasteiger partial charge in [0.15, 0.2) is 0 Å². The number of hydrogen-bond donors (Lipinski definition) is 0. The molecule has 1 nitrogen and oxygen atoms in total. The minimum atomic E-state index is 0.694. The lowest BCUT2D eigenvalue weighted by molar-refractivity contribution is 0.123. The lowest BCUT2D eigenvalue weighted by Crippen LogP contribution is -2.06. The summed E-state index contributed by atoms with van der Waals surface area (Å²) in [5.41, 5.74) is 0. The molecule has 0 rings (SSSR count). The van der Waals surface area contributed by atoms with Gasteiger partial charge in [0.1, 0.15) is 0 Å². The van der Waals surface area contributed by atoms with E-state index in [1.54, 1.807) is 0 Å². The van der Waals surface area contributed by atoms with E-state index in [1.165, 1.54) is 0 Å². The Morgan fingerprint density at radius 1 is 1.50 bits per heavy atom. The van der Waals surface area contributed by atoms with Crippen LogP contribution in [-0.4, -0.2) is 18.5 Å². The molecule has 0 aliphatic rings. The molecule has 0 bridgehead atoms. The zero-order chi connectivity index (χ0) is 9.23. The van der Waals surface area contributed by atoms with Crippen LogP contribution in [0.2, 0.25) is 0 Å². The highest BCUT2D eigenvalue weighted by atomic mass is 79.9. The van der Waals surface area contributed by atoms with Gasteiger partial charge in [-0.15, -0.1) is 6.58 Å². The number of hydrogen-bond acceptors (Lipinski definition) is 1. The predicted octanol–water partition coefficient (Wildman–Crippen LogP) is 3.39. The normalized spacial score (nSPS) is 12.8. The van der Waals surface area contributed by atoms with Crippen LogP contribution < -0.4 is 0 Å². The van der Waals surface area contributed by atoms with Gasteiger partial charge in [0.25, 0.3) is 0 Å². The van der Waals surface area contributed by atoms with Crippen molar-refractivity contribution in [1.82, 2.24) is 0 Å². The average Bonchev–Trinajstić information content (AvgIpc) is 2.10. The van der Waals surface area contributed by atoms with E-state index in [4.69, 9.17) is 4.74 Å². The van der Waals surface area contributed by atoms with Crippen molar-refractivity contribution in [3.8, 4) is 0 Å². The molecular formula is C10H19BrO. The second-order valence-electron chi connectivity index (χ2n) is 2.95. The summed E-state index contributed by atoms with van der Waals surface area (Å²) in [5.74, 6) is 0.694. The van der Waals surface area contributed by atoms with Crippen molar-refractivity contribution in [1.29, 1.82) is 0 Å². The topological polar surface area (TPSA) is 9.23 Å². The van der Waals surface area contributed by atoms with E-state index in [2.05, 4.69) is 29.4 Å². The van der Waals surface area contributed by atoms with Gasteiger partial charge < -0.3 is 4.74 Å². The summed E-state index contributed by atoms with van der Waals surface area (Å²) >= 11 is 3.48. The molecule has 0 aromatic heterocycles. The number of alkyl halides is 1. The van der Waals surface area contributed by atoms with Gasteiger partial charge in [0.2, 0.25) is 0 Å². The number of halogens is 1. The summed E-state index contributed by atoms with van der Waals surface area (Å²) in [6.45, 7) is 7.64. The standard InChI is InChI=1S/C10H19BrO/c1-3-5-10(9-11)6-8-12-7-4-2/h3,10H,1,4-9H2,2H3. The molecule has 0 saturated carbocycles. The highest BCUT2D eigenvalue weighted by molar-refractivity contribution is 9.09. The Morgan fingerprint density at radius 3 is 2.75 bits per heavy atom. The Labute approximate surface area is 84.3 Å². The van der Waals surface area contributed by atoms with Gasteiger partial charge in [-0.1, -0.05) is 28.9 Å². The lowest BCUT2D eigenvalue weighted by atomic mass is 10.1. The van der Waals surface area contributed by atoms with Gasteiger partial charge in [0, 0.05) is 18.5 Å². The van der Waals surface area contributed by atoms with Crippen molar-refractivity contribution in [2.75, 3.05) is 18.5 Å². The van der Waals surface area contributed by atoms with Gasteiger partial charge in [0.05, 0.1) is 0 Å². The molecule has 0 heterocycles. The van der Waals surface area contributed by atoms with E-state index < -0.39 is 0 Å². The van der Waals surface area contributed by atoms with E-state index in [0.717, 1.165) is 37.8 Å². The Morgan fingerprint density at radius 2 is 2.25 bits per heavy atom. The molecule has 0 radical (unpaired) electrons. The predicted molar refractivity (Wildman–Crippen MR) is 57.8 cm³/mol. The summed E-state index contributed by atoms with van der Waals surface area (Å²) < 4.78 is 5.41. The van der Waals surface area contributed by atoms with Crippen molar-refractivity contribution in [2.45, 2.75) is 26.2 Å². The maximum atomic E-state index is 5.41. The summed E-state index contributed by atoms with van der Waals surface area (Å²) in [6.07, 6.45) is 5.31. The third-order valence-corrected chi connectivity index (χ3v) is 2.65. The summed E-state index contributed by atoms with van der Waals surface area (Å²) in [6, 6.07) is 0. The van der Waals surface area contributed by atoms with E-state index in [9.17, 15) is 0 Å². The monoisotopic (exact) mass is 234 g/mol. The minimum Gasteiger partial charge on any atom is -0.381 e. The van der Waals surface area contributed by atoms with Gasteiger partial charge in [-0.25, -0.2) is 0 Å². The highest BCUT2D eigenvalue weighted by Crippen LogP contribution is 2.12. The second kappa shape index (κ2) is 9.27. The molecule has 0 aliphatic carbocycles. The average molecular weight is 235 g/mol. The van der Waals surface area contributed by atoms with Crippen LogP contribution in [0, 0.1) is 5.92 Å². The molecule has 0 spiro atoms. The third-order valence-electron chi connectivity index (χ3n) is 1.74. The molecule has 1 unspecified atom stereocenters. The lowest BCUT2D eigenvalue weighted by Gasteiger charge is -2.10. The van der Waals surface area contributed by atoms with Crippen molar-refractivity contribution < 1.29 is 4.74 Å². The first-order valence-electron chi connectivity index (χ1n) is 4.59. The van der Waals surface area contributed by atoms with Crippen molar-refractivity contribution >= 4 is 15.9 Å². The van der Waals surface area contributed by atoms with Crippen LogP contribution in [-0.2, 0) is 4.74 Å². The Balaban J connectivity index is 3.25. The Hall–Kier alpha value is 0.180. The van der Waals surface area contributed by atoms with Crippen LogP contribution in [0.3, 0.4) is 0 Å². The molecule has 2 heteroatoms. The van der Waals surface area contributed by atoms with E-state index in [-0.39, 0.29) is 0 Å². The van der Waals surface area contributed by atoms with E-state index in [0.29, 0.717) is 5.92 Å². The molecule has 0 aromatic carbocycles. The molecule has 12 heavy (non-hydrogen) atoms. The molecule has 0 amide bonds. The number of rotatable bonds is 8. The molecule has 0 N–H and O–H groups in total. The van der Waals surface area contributed by atoms with Gasteiger partial charge in [-0.05, 0) is 25.2 Å². The molecular weight excluding hydrogens is 216 g/mol. The SMILES string of the molecule is C=CCC(CBr)CCOCCC. The van der Waals surface area contributed by atoms with Crippen LogP contribution in [0.25, 0.3) is 0 Å². The summed E-state index contributed by atoms with van der Waals surface area (Å²) in [7, 11) is 0. The smallest absolute Gasteiger partial charge is 0.0469 e. The van der Waals surface area contributed by atoms with Crippen LogP contribution in [0.15, 0.2) is 12.7 Å². The van der Waals surface area contributed by atoms with E-state index >= 15 is 0 Å². The fraction of sp³-hybridized carbons (Fsp3) is 0.800. The maximum Gasteiger partial charge on any atom is 0.0469 e. The molecule has 0 fully saturated rings. The van der Waals surface area contributed by atoms with Crippen molar-refractivity contribution in [3.05, 3.63) is 12.7 Å². The summed E-state index contributed by atoms with van der Waals surface area (Å²) in [4.78, 5) is 0. The van der Waals surface area contributed by atoms with Crippen LogP contribution in [0.4, 0.5) is 0 Å². The Kier molecular flexibility index (Phi) is 9.41. The van der Waals surface area contributed by atoms with E-state index in [1.807, 2.05) is 6.08 Å². The van der Waals surface area contributed by atoms with Crippen LogP contribution in [0.5, 0.6) is 0 Å². The van der Waals surface area contributed by atoms with Crippen LogP contribution >= 0.6 is 15.9 Å². The van der Waals surface area contributed by atoms with Crippen molar-refractivity contribution in [2.24, 2.45) is 5.92 Å². The summed E-state index contributed by atoms with van der Waals surface area (Å²) in [5, 5.41) is 1.05. The third kappa shape index (κ3) is 6.86. The zero-order valence-electron chi connectivity index (χ0n) is 7.89. The Bertz CT molecular complexity index is 104. The fourth-order valence-electron chi connectivity index (χ4n) is 0.990. The fourth-order valence-corrected chi connectivity index (χ4v) is 1.58. The molecule has 1 atom stereocenters.